The molecule has 2 aliphatic heterocycles. The number of aromatic nitrogens is 2. The average Bonchev–Trinajstić information content (AvgIpc) is 3.33. The Morgan fingerprint density at radius 3 is 2.83 bits per heavy atom. The standard InChI is InChI=1S/C19H25N5O5S/c1-4-24-10-14(12(2)21-24)15-8-16(23(3)30(26,27)22-15)19(25)20-9-13-5-6-17-18(7-13)29-11-28-17/h5-7,10,15-16,22H,4,8-9,11H2,1-3H3,(H,20,25)/t15-,16+/m1/s1. The molecule has 0 bridgehead atoms. The van der Waals surface area contributed by atoms with Crippen molar-refractivity contribution < 1.29 is 22.7 Å². The summed E-state index contributed by atoms with van der Waals surface area (Å²) in [7, 11) is -2.40. The van der Waals surface area contributed by atoms with Gasteiger partial charge in [0.05, 0.1) is 11.7 Å². The van der Waals surface area contributed by atoms with Crippen LogP contribution in [-0.2, 0) is 28.1 Å². The maximum atomic E-state index is 12.9. The SMILES string of the molecule is CCn1cc([C@H]2C[C@@H](C(=O)NCc3ccc4c(c3)OCO4)N(C)S(=O)(=O)N2)c(C)n1. The van der Waals surface area contributed by atoms with E-state index in [1.165, 1.54) is 7.05 Å². The summed E-state index contributed by atoms with van der Waals surface area (Å²) < 4.78 is 41.4. The highest BCUT2D eigenvalue weighted by Crippen LogP contribution is 2.33. The average molecular weight is 436 g/mol. The minimum Gasteiger partial charge on any atom is -0.454 e. The van der Waals surface area contributed by atoms with Gasteiger partial charge in [-0.2, -0.15) is 22.5 Å². The van der Waals surface area contributed by atoms with Crippen molar-refractivity contribution in [3.8, 4) is 11.5 Å². The van der Waals surface area contributed by atoms with Crippen LogP contribution < -0.4 is 19.5 Å². The molecule has 2 aromatic rings. The molecule has 1 aromatic heterocycles. The van der Waals surface area contributed by atoms with Crippen LogP contribution >= 0.6 is 0 Å². The summed E-state index contributed by atoms with van der Waals surface area (Å²) in [5.41, 5.74) is 2.36. The van der Waals surface area contributed by atoms with Crippen LogP contribution in [0.1, 0.15) is 36.2 Å². The number of hydrogen-bond acceptors (Lipinski definition) is 6. The fraction of sp³-hybridized carbons (Fsp3) is 0.474. The van der Waals surface area contributed by atoms with E-state index in [9.17, 15) is 13.2 Å². The Bertz CT molecular complexity index is 1070. The van der Waals surface area contributed by atoms with Gasteiger partial charge >= 0.3 is 0 Å². The topological polar surface area (TPSA) is 115 Å². The second-order valence-corrected chi connectivity index (χ2v) is 9.14. The Kier molecular flexibility index (Phi) is 5.43. The summed E-state index contributed by atoms with van der Waals surface area (Å²) in [6.07, 6.45) is 2.13. The first-order valence-corrected chi connectivity index (χ1v) is 11.2. The lowest BCUT2D eigenvalue weighted by Gasteiger charge is -2.36. The van der Waals surface area contributed by atoms with Gasteiger partial charge in [-0.15, -0.1) is 0 Å². The highest BCUT2D eigenvalue weighted by Gasteiger charge is 2.41. The Morgan fingerprint density at radius 1 is 1.33 bits per heavy atom. The molecule has 10 nitrogen and oxygen atoms in total. The van der Waals surface area contributed by atoms with E-state index in [0.29, 0.717) is 24.5 Å². The molecule has 1 fully saturated rings. The van der Waals surface area contributed by atoms with Crippen molar-refractivity contribution in [2.45, 2.75) is 45.4 Å². The quantitative estimate of drug-likeness (QED) is 0.719. The molecule has 1 aromatic carbocycles. The van der Waals surface area contributed by atoms with Crippen molar-refractivity contribution in [2.24, 2.45) is 0 Å². The smallest absolute Gasteiger partial charge is 0.280 e. The van der Waals surface area contributed by atoms with Gasteiger partial charge in [-0.05, 0) is 38.0 Å². The zero-order valence-corrected chi connectivity index (χ0v) is 17.9. The van der Waals surface area contributed by atoms with E-state index in [-0.39, 0.29) is 19.2 Å². The molecule has 0 spiro atoms. The molecule has 0 saturated carbocycles. The monoisotopic (exact) mass is 435 g/mol. The zero-order chi connectivity index (χ0) is 21.5. The molecular weight excluding hydrogens is 410 g/mol. The number of carbonyl (C=O) groups excluding carboxylic acids is 1. The van der Waals surface area contributed by atoms with Crippen molar-refractivity contribution in [3.63, 3.8) is 0 Å². The number of aryl methyl sites for hydroxylation is 2. The molecule has 1 saturated heterocycles. The van der Waals surface area contributed by atoms with Crippen LogP contribution in [0.15, 0.2) is 24.4 Å². The highest BCUT2D eigenvalue weighted by atomic mass is 32.2. The van der Waals surface area contributed by atoms with Gasteiger partial charge in [-0.25, -0.2) is 0 Å². The number of benzene rings is 1. The van der Waals surface area contributed by atoms with E-state index >= 15 is 0 Å². The number of fused-ring (bicyclic) bond motifs is 1. The van der Waals surface area contributed by atoms with E-state index < -0.39 is 22.3 Å². The highest BCUT2D eigenvalue weighted by molar-refractivity contribution is 7.87. The third-order valence-electron chi connectivity index (χ3n) is 5.46. The second-order valence-electron chi connectivity index (χ2n) is 7.37. The number of nitrogens with one attached hydrogen (secondary N) is 2. The molecule has 0 radical (unpaired) electrons. The lowest BCUT2D eigenvalue weighted by Crippen LogP contribution is -2.57. The summed E-state index contributed by atoms with van der Waals surface area (Å²) in [5, 5.41) is 7.23. The maximum absolute atomic E-state index is 12.9. The van der Waals surface area contributed by atoms with E-state index in [1.54, 1.807) is 16.8 Å². The van der Waals surface area contributed by atoms with Gasteiger partial charge in [-0.3, -0.25) is 9.48 Å². The van der Waals surface area contributed by atoms with E-state index in [0.717, 1.165) is 21.1 Å². The molecule has 0 unspecified atom stereocenters. The first kappa shape index (κ1) is 20.6. The van der Waals surface area contributed by atoms with Crippen LogP contribution in [0.3, 0.4) is 0 Å². The van der Waals surface area contributed by atoms with Crippen LogP contribution in [0.25, 0.3) is 0 Å². The molecular formula is C19H25N5O5S. The largest absolute Gasteiger partial charge is 0.454 e. The number of rotatable bonds is 5. The molecule has 30 heavy (non-hydrogen) atoms. The van der Waals surface area contributed by atoms with Crippen molar-refractivity contribution in [1.29, 1.82) is 0 Å². The fourth-order valence-electron chi connectivity index (χ4n) is 3.71. The van der Waals surface area contributed by atoms with Gasteiger partial charge < -0.3 is 14.8 Å². The summed E-state index contributed by atoms with van der Waals surface area (Å²) in [5.74, 6) is 0.942. The Labute approximate surface area is 175 Å². The number of carbonyl (C=O) groups is 1. The maximum Gasteiger partial charge on any atom is 0.280 e. The van der Waals surface area contributed by atoms with Gasteiger partial charge in [0.25, 0.3) is 10.2 Å². The van der Waals surface area contributed by atoms with Crippen molar-refractivity contribution >= 4 is 16.1 Å². The lowest BCUT2D eigenvalue weighted by molar-refractivity contribution is -0.125. The first-order valence-electron chi connectivity index (χ1n) is 9.74. The molecule has 11 heteroatoms. The van der Waals surface area contributed by atoms with Crippen molar-refractivity contribution in [3.05, 3.63) is 41.2 Å². The van der Waals surface area contributed by atoms with E-state index in [1.807, 2.05) is 26.1 Å². The third-order valence-corrected chi connectivity index (χ3v) is 7.05. The molecule has 1 amide bonds. The summed E-state index contributed by atoms with van der Waals surface area (Å²) in [4.78, 5) is 12.9. The summed E-state index contributed by atoms with van der Waals surface area (Å²) in [6.45, 7) is 4.91. The van der Waals surface area contributed by atoms with Crippen LogP contribution in [0.5, 0.6) is 11.5 Å². The molecule has 2 atom stereocenters. The van der Waals surface area contributed by atoms with Gasteiger partial charge in [0, 0.05) is 31.9 Å². The van der Waals surface area contributed by atoms with Crippen LogP contribution in [0.4, 0.5) is 0 Å². The number of likely N-dealkylation sites (N-methyl/N-ethyl adjacent to an activating group) is 1. The third kappa shape index (κ3) is 3.87. The minimum atomic E-state index is -3.81. The first-order chi connectivity index (χ1) is 14.3. The van der Waals surface area contributed by atoms with Gasteiger partial charge in [0.2, 0.25) is 12.7 Å². The number of nitrogens with zero attached hydrogens (tertiary/aromatic N) is 3. The normalized spacial score (nSPS) is 22.8. The Balaban J connectivity index is 1.49. The molecule has 162 valence electrons. The molecule has 2 aliphatic rings. The van der Waals surface area contributed by atoms with Gasteiger partial charge in [0.15, 0.2) is 11.5 Å². The van der Waals surface area contributed by atoms with E-state index in [2.05, 4.69) is 15.1 Å². The summed E-state index contributed by atoms with van der Waals surface area (Å²) in [6, 6.07) is 4.07. The number of amides is 1. The van der Waals surface area contributed by atoms with Gasteiger partial charge in [0.1, 0.15) is 6.04 Å². The second kappa shape index (κ2) is 7.89. The molecule has 4 rings (SSSR count). The van der Waals surface area contributed by atoms with Crippen LogP contribution in [0.2, 0.25) is 0 Å². The van der Waals surface area contributed by atoms with E-state index in [4.69, 9.17) is 9.47 Å². The molecule has 0 aliphatic carbocycles. The van der Waals surface area contributed by atoms with Crippen molar-refractivity contribution in [2.75, 3.05) is 13.8 Å². The Hall–Kier alpha value is -2.63. The number of ether oxygens (including phenoxy) is 2. The fourth-order valence-corrected chi connectivity index (χ4v) is 4.97. The minimum absolute atomic E-state index is 0.179. The zero-order valence-electron chi connectivity index (χ0n) is 17.1. The number of hydrogen-bond donors (Lipinski definition) is 2. The molecule has 2 N–H and O–H groups in total. The van der Waals surface area contributed by atoms with Crippen molar-refractivity contribution in [1.82, 2.24) is 24.1 Å². The predicted molar refractivity (Wildman–Crippen MR) is 108 cm³/mol. The molecule has 3 heterocycles. The Morgan fingerprint density at radius 2 is 2.10 bits per heavy atom. The van der Waals surface area contributed by atoms with Gasteiger partial charge in [-0.1, -0.05) is 6.07 Å². The van der Waals surface area contributed by atoms with Crippen LogP contribution in [-0.4, -0.2) is 48.3 Å². The van der Waals surface area contributed by atoms with Crippen LogP contribution in [0, 0.1) is 6.92 Å². The predicted octanol–water partition coefficient (Wildman–Crippen LogP) is 0.836. The summed E-state index contributed by atoms with van der Waals surface area (Å²) >= 11 is 0. The lowest BCUT2D eigenvalue weighted by atomic mass is 10.00.